The summed E-state index contributed by atoms with van der Waals surface area (Å²) >= 11 is 0. The number of hydrogen-bond acceptors (Lipinski definition) is 5. The Morgan fingerprint density at radius 2 is 1.69 bits per heavy atom. The number of nitrogens with zero attached hydrogens (tertiary/aromatic N) is 1. The topological polar surface area (TPSA) is 84.9 Å². The second kappa shape index (κ2) is 8.90. The first-order valence-electron chi connectivity index (χ1n) is 10.7. The molecule has 2 aromatic rings. The Labute approximate surface area is 187 Å². The lowest BCUT2D eigenvalue weighted by Gasteiger charge is -2.36. The molecule has 0 unspecified atom stereocenters. The molecule has 2 heterocycles. The van der Waals surface area contributed by atoms with Crippen LogP contribution in [0.5, 0.6) is 0 Å². The molecule has 2 aliphatic rings. The molecular formula is C23H27FN2O5S. The van der Waals surface area contributed by atoms with Crippen LogP contribution in [0.2, 0.25) is 0 Å². The number of carbonyl (C=O) groups excluding carboxylic acids is 1. The Morgan fingerprint density at radius 3 is 2.28 bits per heavy atom. The van der Waals surface area contributed by atoms with Crippen molar-refractivity contribution in [2.24, 2.45) is 0 Å². The second-order valence-electron chi connectivity index (χ2n) is 8.39. The van der Waals surface area contributed by atoms with Gasteiger partial charge in [0, 0.05) is 37.2 Å². The summed E-state index contributed by atoms with van der Waals surface area (Å²) < 4.78 is 53.2. The van der Waals surface area contributed by atoms with Crippen LogP contribution in [-0.2, 0) is 19.5 Å². The van der Waals surface area contributed by atoms with Gasteiger partial charge in [0.15, 0.2) is 5.79 Å². The first-order chi connectivity index (χ1) is 15.2. The van der Waals surface area contributed by atoms with Crippen LogP contribution >= 0.6 is 0 Å². The summed E-state index contributed by atoms with van der Waals surface area (Å²) in [7, 11) is -4.12. The average molecular weight is 463 g/mol. The van der Waals surface area contributed by atoms with Crippen molar-refractivity contribution in [2.45, 2.75) is 43.3 Å². The Bertz CT molecular complexity index is 1090. The molecule has 1 spiro atoms. The number of piperidine rings is 1. The van der Waals surface area contributed by atoms with Crippen molar-refractivity contribution in [1.29, 1.82) is 0 Å². The molecule has 1 N–H and O–H groups in total. The number of carbonyl (C=O) groups is 1. The zero-order valence-electron chi connectivity index (χ0n) is 18.1. The van der Waals surface area contributed by atoms with E-state index < -0.39 is 32.4 Å². The van der Waals surface area contributed by atoms with E-state index in [1.165, 1.54) is 10.4 Å². The molecule has 0 aromatic heterocycles. The first kappa shape index (κ1) is 22.8. The third-order valence-electron chi connectivity index (χ3n) is 5.94. The molecule has 0 saturated carbocycles. The van der Waals surface area contributed by atoms with Gasteiger partial charge in [-0.2, -0.15) is 4.31 Å². The van der Waals surface area contributed by atoms with Crippen LogP contribution in [0.15, 0.2) is 47.4 Å². The maximum atomic E-state index is 14.5. The van der Waals surface area contributed by atoms with Gasteiger partial charge < -0.3 is 14.8 Å². The highest BCUT2D eigenvalue weighted by molar-refractivity contribution is 7.89. The highest BCUT2D eigenvalue weighted by atomic mass is 32.2. The lowest BCUT2D eigenvalue weighted by atomic mass is 10.0. The van der Waals surface area contributed by atoms with Crippen molar-refractivity contribution in [3.05, 3.63) is 59.4 Å². The van der Waals surface area contributed by atoms with Gasteiger partial charge in [0.25, 0.3) is 5.91 Å². The molecule has 2 aromatic carbocycles. The van der Waals surface area contributed by atoms with Crippen molar-refractivity contribution < 1.29 is 27.1 Å². The lowest BCUT2D eigenvalue weighted by molar-refractivity contribution is -0.179. The van der Waals surface area contributed by atoms with Crippen molar-refractivity contribution in [3.63, 3.8) is 0 Å². The van der Waals surface area contributed by atoms with Gasteiger partial charge in [-0.1, -0.05) is 26.0 Å². The number of rotatable bonds is 5. The average Bonchev–Trinajstić information content (AvgIpc) is 3.22. The third kappa shape index (κ3) is 4.56. The predicted octanol–water partition coefficient (Wildman–Crippen LogP) is 3.73. The molecule has 7 nitrogen and oxygen atoms in total. The maximum Gasteiger partial charge on any atom is 0.255 e. The summed E-state index contributed by atoms with van der Waals surface area (Å²) in [6, 6.07) is 10.8. The van der Waals surface area contributed by atoms with Crippen LogP contribution in [0.4, 0.5) is 10.1 Å². The summed E-state index contributed by atoms with van der Waals surface area (Å²) in [5.41, 5.74) is 1.77. The summed E-state index contributed by atoms with van der Waals surface area (Å²) in [6.45, 7) is 5.42. The summed E-state index contributed by atoms with van der Waals surface area (Å²) in [5.74, 6) is -1.78. The molecule has 2 saturated heterocycles. The van der Waals surface area contributed by atoms with Gasteiger partial charge in [-0.3, -0.25) is 4.79 Å². The fourth-order valence-corrected chi connectivity index (χ4v) is 5.52. The lowest BCUT2D eigenvalue weighted by Crippen LogP contribution is -2.47. The molecule has 2 fully saturated rings. The van der Waals surface area contributed by atoms with Crippen molar-refractivity contribution in [3.8, 4) is 0 Å². The zero-order valence-corrected chi connectivity index (χ0v) is 19.0. The molecular weight excluding hydrogens is 435 g/mol. The number of anilines is 1. The first-order valence-corrected chi connectivity index (χ1v) is 12.1. The minimum Gasteiger partial charge on any atom is -0.347 e. The van der Waals surface area contributed by atoms with Crippen molar-refractivity contribution in [1.82, 2.24) is 4.31 Å². The maximum absolute atomic E-state index is 14.5. The highest BCUT2D eigenvalue weighted by Crippen LogP contribution is 2.34. The SMILES string of the molecule is CC(C)c1ccc(NC(=O)c2ccc(F)c(S(=O)(=O)N3CCC4(CC3)OCCO4)c2)cc1. The Morgan fingerprint density at radius 1 is 1.06 bits per heavy atom. The molecule has 2 aliphatic heterocycles. The molecule has 172 valence electrons. The molecule has 32 heavy (non-hydrogen) atoms. The summed E-state index contributed by atoms with van der Waals surface area (Å²) in [5, 5.41) is 2.73. The minimum absolute atomic E-state index is 0.0638. The number of benzene rings is 2. The molecule has 0 aliphatic carbocycles. The van der Waals surface area contributed by atoms with Gasteiger partial charge >= 0.3 is 0 Å². The smallest absolute Gasteiger partial charge is 0.255 e. The highest BCUT2D eigenvalue weighted by Gasteiger charge is 2.43. The standard InChI is InChI=1S/C23H27FN2O5S/c1-16(2)17-3-6-19(7-4-17)25-22(27)18-5-8-20(24)21(15-18)32(28,29)26-11-9-23(10-12-26)30-13-14-31-23/h3-8,15-16H,9-14H2,1-2H3,(H,25,27). The molecule has 9 heteroatoms. The van der Waals surface area contributed by atoms with E-state index >= 15 is 0 Å². The van der Waals surface area contributed by atoms with Crippen LogP contribution in [-0.4, -0.2) is 50.7 Å². The Hall–Kier alpha value is -2.33. The van der Waals surface area contributed by atoms with Crippen molar-refractivity contribution >= 4 is 21.6 Å². The molecule has 0 bridgehead atoms. The number of hydrogen-bond donors (Lipinski definition) is 1. The second-order valence-corrected chi connectivity index (χ2v) is 10.3. The van der Waals surface area contributed by atoms with E-state index in [2.05, 4.69) is 19.2 Å². The third-order valence-corrected chi connectivity index (χ3v) is 7.86. The van der Waals surface area contributed by atoms with E-state index in [9.17, 15) is 17.6 Å². The summed E-state index contributed by atoms with van der Waals surface area (Å²) in [6.07, 6.45) is 0.751. The number of ether oxygens (including phenoxy) is 2. The van der Waals surface area contributed by atoms with E-state index in [0.717, 1.165) is 17.7 Å². The van der Waals surface area contributed by atoms with Crippen LogP contribution < -0.4 is 5.32 Å². The van der Waals surface area contributed by atoms with Crippen molar-refractivity contribution in [2.75, 3.05) is 31.6 Å². The van der Waals surface area contributed by atoms with E-state index in [1.807, 2.05) is 12.1 Å². The van der Waals surface area contributed by atoms with E-state index in [-0.39, 0.29) is 18.7 Å². The molecule has 1 amide bonds. The van der Waals surface area contributed by atoms with Crippen LogP contribution in [0.25, 0.3) is 0 Å². The number of amides is 1. The fraction of sp³-hybridized carbons (Fsp3) is 0.435. The van der Waals surface area contributed by atoms with Crippen LogP contribution in [0.3, 0.4) is 0 Å². The van der Waals surface area contributed by atoms with Gasteiger partial charge in [-0.15, -0.1) is 0 Å². The molecule has 0 radical (unpaired) electrons. The Kier molecular flexibility index (Phi) is 6.35. The zero-order chi connectivity index (χ0) is 22.9. The van der Waals surface area contributed by atoms with Crippen LogP contribution in [0.1, 0.15) is 48.5 Å². The fourth-order valence-electron chi connectivity index (χ4n) is 3.99. The number of sulfonamides is 1. The molecule has 4 rings (SSSR count). The minimum atomic E-state index is -4.12. The largest absolute Gasteiger partial charge is 0.347 e. The Balaban J connectivity index is 1.51. The number of nitrogens with one attached hydrogen (secondary N) is 1. The van der Waals surface area contributed by atoms with Gasteiger partial charge in [-0.25, -0.2) is 12.8 Å². The molecule has 0 atom stereocenters. The monoisotopic (exact) mass is 462 g/mol. The normalized spacial score (nSPS) is 18.9. The summed E-state index contributed by atoms with van der Waals surface area (Å²) in [4.78, 5) is 12.2. The van der Waals surface area contributed by atoms with E-state index in [1.54, 1.807) is 12.1 Å². The van der Waals surface area contributed by atoms with Gasteiger partial charge in [0.1, 0.15) is 10.7 Å². The van der Waals surface area contributed by atoms with Gasteiger partial charge in [0.2, 0.25) is 10.0 Å². The quantitative estimate of drug-likeness (QED) is 0.732. The van der Waals surface area contributed by atoms with Gasteiger partial charge in [0.05, 0.1) is 13.2 Å². The predicted molar refractivity (Wildman–Crippen MR) is 118 cm³/mol. The van der Waals surface area contributed by atoms with Gasteiger partial charge in [-0.05, 0) is 41.8 Å². The van der Waals surface area contributed by atoms with E-state index in [0.29, 0.717) is 37.7 Å². The number of halogens is 1. The van der Waals surface area contributed by atoms with Crippen LogP contribution in [0, 0.1) is 5.82 Å². The van der Waals surface area contributed by atoms with E-state index in [4.69, 9.17) is 9.47 Å².